The van der Waals surface area contributed by atoms with Gasteiger partial charge in [0.25, 0.3) is 5.91 Å². The minimum absolute atomic E-state index is 0.0537. The molecule has 0 fully saturated rings. The summed E-state index contributed by atoms with van der Waals surface area (Å²) >= 11 is 11.7. The number of ether oxygens (including phenoxy) is 1. The summed E-state index contributed by atoms with van der Waals surface area (Å²) in [5.41, 5.74) is 0.778. The Bertz CT molecular complexity index is 885. The zero-order chi connectivity index (χ0) is 17.9. The van der Waals surface area contributed by atoms with Gasteiger partial charge in [0.1, 0.15) is 5.75 Å². The first-order chi connectivity index (χ1) is 11.2. The van der Waals surface area contributed by atoms with E-state index in [4.69, 9.17) is 33.1 Å². The molecule has 0 aliphatic rings. The zero-order valence-corrected chi connectivity index (χ0v) is 14.9. The molecule has 0 aliphatic carbocycles. The molecule has 6 nitrogen and oxygen atoms in total. The molecule has 24 heavy (non-hydrogen) atoms. The van der Waals surface area contributed by atoms with Gasteiger partial charge in [-0.15, -0.1) is 0 Å². The Morgan fingerprint density at radius 1 is 1.21 bits per heavy atom. The molecule has 0 heterocycles. The van der Waals surface area contributed by atoms with Gasteiger partial charge in [0.15, 0.2) is 6.61 Å². The third kappa shape index (κ3) is 4.85. The fourth-order valence-corrected chi connectivity index (χ4v) is 3.19. The predicted molar refractivity (Wildman–Crippen MR) is 93.1 cm³/mol. The van der Waals surface area contributed by atoms with E-state index >= 15 is 0 Å². The minimum atomic E-state index is -3.87. The van der Waals surface area contributed by atoms with Gasteiger partial charge in [-0.05, 0) is 42.8 Å². The number of nitrogens with two attached hydrogens (primary N) is 1. The molecule has 128 valence electrons. The summed E-state index contributed by atoms with van der Waals surface area (Å²) in [5.74, 6) is -0.171. The summed E-state index contributed by atoms with van der Waals surface area (Å²) < 4.78 is 28.3. The Kier molecular flexibility index (Phi) is 5.71. The average Bonchev–Trinajstić information content (AvgIpc) is 2.47. The Labute approximate surface area is 149 Å². The highest BCUT2D eigenvalue weighted by Crippen LogP contribution is 2.27. The van der Waals surface area contributed by atoms with Crippen molar-refractivity contribution in [1.82, 2.24) is 0 Å². The van der Waals surface area contributed by atoms with Crippen LogP contribution in [0.5, 0.6) is 5.75 Å². The number of aryl methyl sites for hydroxylation is 1. The van der Waals surface area contributed by atoms with Crippen LogP contribution in [-0.2, 0) is 14.8 Å². The van der Waals surface area contributed by atoms with E-state index in [1.54, 1.807) is 31.2 Å². The number of sulfonamides is 1. The van der Waals surface area contributed by atoms with Gasteiger partial charge in [0.05, 0.1) is 9.92 Å². The lowest BCUT2D eigenvalue weighted by Gasteiger charge is -2.10. The molecule has 2 aromatic rings. The molecule has 3 N–H and O–H groups in total. The van der Waals surface area contributed by atoms with Gasteiger partial charge in [0.2, 0.25) is 10.0 Å². The fraction of sp³-hybridized carbons (Fsp3) is 0.133. The third-order valence-electron chi connectivity index (χ3n) is 3.03. The van der Waals surface area contributed by atoms with Crippen LogP contribution in [-0.4, -0.2) is 20.9 Å². The molecule has 0 atom stereocenters. The summed E-state index contributed by atoms with van der Waals surface area (Å²) in [5, 5.41) is 8.39. The number of hydrogen-bond donors (Lipinski definition) is 2. The van der Waals surface area contributed by atoms with E-state index in [0.717, 1.165) is 0 Å². The number of carbonyl (C=O) groups is 1. The first-order valence-electron chi connectivity index (χ1n) is 6.68. The summed E-state index contributed by atoms with van der Waals surface area (Å²) in [6.45, 7) is 1.30. The van der Waals surface area contributed by atoms with Gasteiger partial charge in [0, 0.05) is 10.7 Å². The predicted octanol–water partition coefficient (Wildman–Crippen LogP) is 2.97. The second-order valence-electron chi connectivity index (χ2n) is 4.94. The molecule has 0 saturated carbocycles. The van der Waals surface area contributed by atoms with Gasteiger partial charge in [-0.1, -0.05) is 29.3 Å². The molecular weight excluding hydrogens is 375 g/mol. The Hall–Kier alpha value is -1.80. The molecule has 0 saturated heterocycles. The Morgan fingerprint density at radius 2 is 1.92 bits per heavy atom. The lowest BCUT2D eigenvalue weighted by Crippen LogP contribution is -2.21. The lowest BCUT2D eigenvalue weighted by molar-refractivity contribution is -0.118. The number of rotatable bonds is 5. The van der Waals surface area contributed by atoms with Crippen LogP contribution >= 0.6 is 23.2 Å². The average molecular weight is 389 g/mol. The second-order valence-corrected chi connectivity index (χ2v) is 7.31. The van der Waals surface area contributed by atoms with Crippen LogP contribution in [0, 0.1) is 6.92 Å². The molecule has 9 heteroatoms. The van der Waals surface area contributed by atoms with Crippen LogP contribution in [0.15, 0.2) is 41.3 Å². The molecule has 2 aromatic carbocycles. The van der Waals surface area contributed by atoms with Crippen molar-refractivity contribution in [2.45, 2.75) is 11.8 Å². The number of hydrogen-bond acceptors (Lipinski definition) is 4. The van der Waals surface area contributed by atoms with Crippen molar-refractivity contribution in [3.63, 3.8) is 0 Å². The number of carbonyl (C=O) groups excluding carboxylic acids is 1. The molecular formula is C15H14Cl2N2O4S. The SMILES string of the molecule is Cc1ccc(NC(=O)COc2ccc(Cl)cc2Cl)cc1S(N)(=O)=O. The number of anilines is 1. The van der Waals surface area contributed by atoms with Crippen molar-refractivity contribution in [1.29, 1.82) is 0 Å². The number of halogens is 2. The molecule has 0 bridgehead atoms. The normalized spacial score (nSPS) is 11.2. The zero-order valence-electron chi connectivity index (χ0n) is 12.5. The van der Waals surface area contributed by atoms with E-state index in [2.05, 4.69) is 5.32 Å². The highest BCUT2D eigenvalue weighted by atomic mass is 35.5. The van der Waals surface area contributed by atoms with Crippen LogP contribution in [0.3, 0.4) is 0 Å². The van der Waals surface area contributed by atoms with Crippen LogP contribution in [0.1, 0.15) is 5.56 Å². The van der Waals surface area contributed by atoms with E-state index in [0.29, 0.717) is 22.0 Å². The Balaban J connectivity index is 2.05. The maximum absolute atomic E-state index is 11.9. The van der Waals surface area contributed by atoms with Crippen molar-refractivity contribution in [3.05, 3.63) is 52.0 Å². The van der Waals surface area contributed by atoms with Crippen molar-refractivity contribution in [3.8, 4) is 5.75 Å². The highest BCUT2D eigenvalue weighted by Gasteiger charge is 2.13. The summed E-state index contributed by atoms with van der Waals surface area (Å²) in [6, 6.07) is 9.03. The van der Waals surface area contributed by atoms with Gasteiger partial charge >= 0.3 is 0 Å². The number of nitrogens with one attached hydrogen (secondary N) is 1. The first-order valence-corrected chi connectivity index (χ1v) is 8.98. The Morgan fingerprint density at radius 3 is 2.54 bits per heavy atom. The van der Waals surface area contributed by atoms with Gasteiger partial charge in [-0.2, -0.15) is 0 Å². The van der Waals surface area contributed by atoms with Crippen LogP contribution < -0.4 is 15.2 Å². The fourth-order valence-electron chi connectivity index (χ4n) is 1.92. The van der Waals surface area contributed by atoms with E-state index in [9.17, 15) is 13.2 Å². The van der Waals surface area contributed by atoms with E-state index in [-0.39, 0.29) is 16.5 Å². The van der Waals surface area contributed by atoms with E-state index in [1.165, 1.54) is 12.1 Å². The quantitative estimate of drug-likeness (QED) is 0.822. The minimum Gasteiger partial charge on any atom is -0.482 e. The molecule has 0 aliphatic heterocycles. The van der Waals surface area contributed by atoms with Crippen molar-refractivity contribution in [2.24, 2.45) is 5.14 Å². The van der Waals surface area contributed by atoms with Crippen LogP contribution in [0.2, 0.25) is 10.0 Å². The van der Waals surface area contributed by atoms with E-state index in [1.807, 2.05) is 0 Å². The number of primary sulfonamides is 1. The molecule has 0 unspecified atom stereocenters. The van der Waals surface area contributed by atoms with Crippen molar-refractivity contribution < 1.29 is 17.9 Å². The lowest BCUT2D eigenvalue weighted by atomic mass is 10.2. The summed E-state index contributed by atoms with van der Waals surface area (Å²) in [4.78, 5) is 11.9. The largest absolute Gasteiger partial charge is 0.482 e. The molecule has 2 rings (SSSR count). The van der Waals surface area contributed by atoms with Gasteiger partial charge < -0.3 is 10.1 Å². The maximum atomic E-state index is 11.9. The molecule has 0 radical (unpaired) electrons. The highest BCUT2D eigenvalue weighted by molar-refractivity contribution is 7.89. The van der Waals surface area contributed by atoms with Crippen LogP contribution in [0.25, 0.3) is 0 Å². The second kappa shape index (κ2) is 7.40. The summed E-state index contributed by atoms with van der Waals surface area (Å²) in [6.07, 6.45) is 0. The van der Waals surface area contributed by atoms with Crippen LogP contribution in [0.4, 0.5) is 5.69 Å². The summed E-state index contributed by atoms with van der Waals surface area (Å²) in [7, 11) is -3.87. The first kappa shape index (κ1) is 18.5. The van der Waals surface area contributed by atoms with E-state index < -0.39 is 15.9 Å². The van der Waals surface area contributed by atoms with Gasteiger partial charge in [-0.25, -0.2) is 13.6 Å². The number of amides is 1. The smallest absolute Gasteiger partial charge is 0.262 e. The standard InChI is InChI=1S/C15H14Cl2N2O4S/c1-9-2-4-11(7-14(9)24(18,21)22)19-15(20)8-23-13-5-3-10(16)6-12(13)17/h2-7H,8H2,1H3,(H,19,20)(H2,18,21,22). The maximum Gasteiger partial charge on any atom is 0.262 e. The van der Waals surface area contributed by atoms with Gasteiger partial charge in [-0.3, -0.25) is 4.79 Å². The van der Waals surface area contributed by atoms with Crippen molar-refractivity contribution >= 4 is 44.8 Å². The molecule has 0 aromatic heterocycles. The van der Waals surface area contributed by atoms with Crippen molar-refractivity contribution in [2.75, 3.05) is 11.9 Å². The number of benzene rings is 2. The third-order valence-corrected chi connectivity index (χ3v) is 4.61. The molecule has 1 amide bonds. The molecule has 0 spiro atoms. The topological polar surface area (TPSA) is 98.5 Å². The monoisotopic (exact) mass is 388 g/mol.